The van der Waals surface area contributed by atoms with Gasteiger partial charge in [0.05, 0.1) is 0 Å². The van der Waals surface area contributed by atoms with Crippen LogP contribution in [0.2, 0.25) is 0 Å². The minimum Gasteiger partial charge on any atom is -0.435 e. The van der Waals surface area contributed by atoms with Crippen LogP contribution in [0.4, 0.5) is 17.1 Å². The molecule has 0 aliphatic carbocycles. The molecular formula is C45H30N2O. The Kier molecular flexibility index (Phi) is 6.80. The minimum absolute atomic E-state index is 0.623. The molecule has 0 aliphatic heterocycles. The maximum Gasteiger partial charge on any atom is 0.227 e. The Morgan fingerprint density at radius 3 is 1.75 bits per heavy atom. The summed E-state index contributed by atoms with van der Waals surface area (Å²) in [4.78, 5) is 7.27. The summed E-state index contributed by atoms with van der Waals surface area (Å²) in [6.07, 6.45) is 0. The summed E-state index contributed by atoms with van der Waals surface area (Å²) in [6, 6.07) is 64.0. The van der Waals surface area contributed by atoms with Crippen molar-refractivity contribution in [1.82, 2.24) is 4.98 Å². The lowest BCUT2D eigenvalue weighted by molar-refractivity contribution is 0.623. The Labute approximate surface area is 279 Å². The Hall–Kier alpha value is -6.45. The van der Waals surface area contributed by atoms with E-state index in [-0.39, 0.29) is 0 Å². The average molecular weight is 615 g/mol. The second-order valence-corrected chi connectivity index (χ2v) is 12.0. The van der Waals surface area contributed by atoms with Crippen molar-refractivity contribution in [1.29, 1.82) is 0 Å². The Morgan fingerprint density at radius 2 is 1.02 bits per heavy atom. The molecule has 0 N–H and O–H groups in total. The largest absolute Gasteiger partial charge is 0.435 e. The maximum absolute atomic E-state index is 6.63. The molecule has 3 heteroatoms. The molecule has 0 bridgehead atoms. The van der Waals surface area contributed by atoms with Gasteiger partial charge in [-0.25, -0.2) is 4.98 Å². The second-order valence-electron chi connectivity index (χ2n) is 12.0. The van der Waals surface area contributed by atoms with Crippen molar-refractivity contribution in [2.24, 2.45) is 0 Å². The van der Waals surface area contributed by atoms with Gasteiger partial charge in [0.15, 0.2) is 5.58 Å². The number of para-hydroxylation sites is 1. The number of anilines is 3. The molecule has 48 heavy (non-hydrogen) atoms. The molecule has 0 amide bonds. The third kappa shape index (κ3) is 4.90. The van der Waals surface area contributed by atoms with Crippen LogP contribution in [-0.2, 0) is 0 Å². The van der Waals surface area contributed by atoms with Crippen LogP contribution < -0.4 is 4.90 Å². The normalized spacial score (nSPS) is 11.3. The molecule has 226 valence electrons. The average Bonchev–Trinajstić information content (AvgIpc) is 3.61. The van der Waals surface area contributed by atoms with Gasteiger partial charge < -0.3 is 9.32 Å². The van der Waals surface area contributed by atoms with Gasteiger partial charge in [0.25, 0.3) is 0 Å². The van der Waals surface area contributed by atoms with Crippen LogP contribution in [0.1, 0.15) is 0 Å². The predicted octanol–water partition coefficient (Wildman–Crippen LogP) is 12.6. The van der Waals surface area contributed by atoms with E-state index in [1.54, 1.807) is 0 Å². The molecule has 1 heterocycles. The molecule has 0 saturated heterocycles. The van der Waals surface area contributed by atoms with E-state index < -0.39 is 0 Å². The van der Waals surface area contributed by atoms with Crippen molar-refractivity contribution in [2.75, 3.05) is 4.90 Å². The summed E-state index contributed by atoms with van der Waals surface area (Å²) in [5.41, 5.74) is 10.5. The van der Waals surface area contributed by atoms with E-state index in [1.807, 2.05) is 30.3 Å². The summed E-state index contributed by atoms with van der Waals surface area (Å²) in [7, 11) is 0. The SMILES string of the molecule is c1ccc(-c2cccc(N(c3ccccc3)c3ccc4c(-c5ccccc5)cc5ccc6nc(-c7ccccc7)oc6c5c4c3)c2)cc1. The summed E-state index contributed by atoms with van der Waals surface area (Å²) in [5, 5.41) is 4.45. The quantitative estimate of drug-likeness (QED) is 0.175. The Bertz CT molecular complexity index is 2540. The van der Waals surface area contributed by atoms with Gasteiger partial charge in [-0.2, -0.15) is 0 Å². The maximum atomic E-state index is 6.63. The van der Waals surface area contributed by atoms with Crippen LogP contribution in [-0.4, -0.2) is 4.98 Å². The van der Waals surface area contributed by atoms with Crippen molar-refractivity contribution in [3.8, 4) is 33.7 Å². The first-order valence-electron chi connectivity index (χ1n) is 16.2. The number of rotatable bonds is 6. The molecule has 0 aliphatic rings. The number of hydrogen-bond donors (Lipinski definition) is 0. The number of oxazole rings is 1. The highest BCUT2D eigenvalue weighted by atomic mass is 16.3. The lowest BCUT2D eigenvalue weighted by Crippen LogP contribution is -2.10. The third-order valence-electron chi connectivity index (χ3n) is 9.04. The first-order chi connectivity index (χ1) is 23.8. The van der Waals surface area contributed by atoms with Crippen LogP contribution in [0.5, 0.6) is 0 Å². The van der Waals surface area contributed by atoms with Crippen molar-refractivity contribution in [2.45, 2.75) is 0 Å². The van der Waals surface area contributed by atoms with Crippen LogP contribution >= 0.6 is 0 Å². The molecular weight excluding hydrogens is 585 g/mol. The highest BCUT2D eigenvalue weighted by molar-refractivity contribution is 6.22. The zero-order valence-corrected chi connectivity index (χ0v) is 26.1. The molecule has 1 aromatic heterocycles. The molecule has 0 atom stereocenters. The Morgan fingerprint density at radius 1 is 0.417 bits per heavy atom. The molecule has 0 fully saturated rings. The van der Waals surface area contributed by atoms with Crippen molar-refractivity contribution in [3.63, 3.8) is 0 Å². The fraction of sp³-hybridized carbons (Fsp3) is 0. The van der Waals surface area contributed by atoms with Crippen molar-refractivity contribution >= 4 is 49.7 Å². The molecule has 0 radical (unpaired) electrons. The van der Waals surface area contributed by atoms with Gasteiger partial charge in [0, 0.05) is 28.0 Å². The van der Waals surface area contributed by atoms with Crippen LogP contribution in [0, 0.1) is 0 Å². The summed E-state index contributed by atoms with van der Waals surface area (Å²) in [5.74, 6) is 0.623. The molecule has 8 aromatic carbocycles. The highest BCUT2D eigenvalue weighted by Crippen LogP contribution is 2.43. The topological polar surface area (TPSA) is 29.3 Å². The monoisotopic (exact) mass is 614 g/mol. The molecule has 0 saturated carbocycles. The van der Waals surface area contributed by atoms with E-state index in [0.29, 0.717) is 5.89 Å². The smallest absolute Gasteiger partial charge is 0.227 e. The van der Waals surface area contributed by atoms with Gasteiger partial charge in [-0.1, -0.05) is 121 Å². The minimum atomic E-state index is 0.623. The predicted molar refractivity (Wildman–Crippen MR) is 200 cm³/mol. The molecule has 9 rings (SSSR count). The lowest BCUT2D eigenvalue weighted by atomic mass is 9.92. The summed E-state index contributed by atoms with van der Waals surface area (Å²) < 4.78 is 6.63. The number of nitrogens with zero attached hydrogens (tertiary/aromatic N) is 2. The number of hydrogen-bond acceptors (Lipinski definition) is 3. The summed E-state index contributed by atoms with van der Waals surface area (Å²) in [6.45, 7) is 0. The first kappa shape index (κ1) is 27.8. The van der Waals surface area contributed by atoms with E-state index in [2.05, 4.69) is 157 Å². The van der Waals surface area contributed by atoms with E-state index >= 15 is 0 Å². The van der Waals surface area contributed by atoms with Crippen molar-refractivity contribution < 1.29 is 4.42 Å². The molecule has 0 unspecified atom stereocenters. The van der Waals surface area contributed by atoms with Crippen LogP contribution in [0.25, 0.3) is 66.4 Å². The number of fused-ring (bicyclic) bond motifs is 5. The third-order valence-corrected chi connectivity index (χ3v) is 9.04. The van der Waals surface area contributed by atoms with Gasteiger partial charge >= 0.3 is 0 Å². The van der Waals surface area contributed by atoms with Crippen LogP contribution in [0.3, 0.4) is 0 Å². The highest BCUT2D eigenvalue weighted by Gasteiger charge is 2.19. The van der Waals surface area contributed by atoms with Gasteiger partial charge in [-0.15, -0.1) is 0 Å². The van der Waals surface area contributed by atoms with E-state index in [0.717, 1.165) is 55.3 Å². The number of benzene rings is 8. The fourth-order valence-electron chi connectivity index (χ4n) is 6.79. The first-order valence-corrected chi connectivity index (χ1v) is 16.2. The van der Waals surface area contributed by atoms with Crippen LogP contribution in [0.15, 0.2) is 186 Å². The zero-order chi connectivity index (χ0) is 31.9. The molecule has 3 nitrogen and oxygen atoms in total. The number of aromatic nitrogens is 1. The van der Waals surface area contributed by atoms with E-state index in [4.69, 9.17) is 9.40 Å². The van der Waals surface area contributed by atoms with Gasteiger partial charge in [-0.3, -0.25) is 0 Å². The van der Waals surface area contributed by atoms with E-state index in [1.165, 1.54) is 22.3 Å². The summed E-state index contributed by atoms with van der Waals surface area (Å²) >= 11 is 0. The fourth-order valence-corrected chi connectivity index (χ4v) is 6.79. The van der Waals surface area contributed by atoms with Gasteiger partial charge in [0.2, 0.25) is 5.89 Å². The van der Waals surface area contributed by atoms with E-state index in [9.17, 15) is 0 Å². The standard InChI is InChI=1S/C45H30N2O/c1-5-14-31(15-6-1)34-20-13-23-37(28-34)47(36-21-11-4-12-22-36)38-25-26-39-40(32-16-7-2-8-17-32)29-35-24-27-42-44(43(35)41(39)30-38)48-45(46-42)33-18-9-3-10-19-33/h1-30H. The lowest BCUT2D eigenvalue weighted by Gasteiger charge is -2.26. The van der Waals surface area contributed by atoms with Gasteiger partial charge in [-0.05, 0) is 99.1 Å². The zero-order valence-electron chi connectivity index (χ0n) is 26.1. The Balaban J connectivity index is 1.32. The van der Waals surface area contributed by atoms with Crippen molar-refractivity contribution in [3.05, 3.63) is 182 Å². The second kappa shape index (κ2) is 11.7. The molecule has 0 spiro atoms. The van der Waals surface area contributed by atoms with Gasteiger partial charge in [0.1, 0.15) is 5.52 Å². The molecule has 9 aromatic rings.